The summed E-state index contributed by atoms with van der Waals surface area (Å²) in [5, 5.41) is 18.3. The van der Waals surface area contributed by atoms with Crippen LogP contribution in [0.5, 0.6) is 0 Å². The molecule has 284 valence electrons. The molecule has 14 heteroatoms. The average molecular weight is 791 g/mol. The summed E-state index contributed by atoms with van der Waals surface area (Å²) in [6.07, 6.45) is 4.22. The molecule has 0 spiro atoms. The first-order valence-electron chi connectivity index (χ1n) is 18.7. The van der Waals surface area contributed by atoms with E-state index in [1.165, 1.54) is 23.5 Å². The lowest BCUT2D eigenvalue weighted by Crippen LogP contribution is -2.50. The Kier molecular flexibility index (Phi) is 7.71. The summed E-state index contributed by atoms with van der Waals surface area (Å²) in [6, 6.07) is 19.5. The van der Waals surface area contributed by atoms with Crippen LogP contribution in [-0.4, -0.2) is 57.2 Å². The summed E-state index contributed by atoms with van der Waals surface area (Å²) >= 11 is 2.59. The summed E-state index contributed by atoms with van der Waals surface area (Å²) in [5.74, 6) is -15.9. The van der Waals surface area contributed by atoms with Gasteiger partial charge in [-0.3, -0.25) is 0 Å². The van der Waals surface area contributed by atoms with Crippen molar-refractivity contribution in [2.24, 2.45) is 0 Å². The van der Waals surface area contributed by atoms with Gasteiger partial charge in [0.2, 0.25) is 0 Å². The number of rotatable bonds is 4. The summed E-state index contributed by atoms with van der Waals surface area (Å²) < 4.78 is 99.2. The fourth-order valence-electron chi connectivity index (χ4n) is 9.60. The minimum atomic E-state index is -5.64. The highest BCUT2D eigenvalue weighted by molar-refractivity contribution is 8.14. The van der Waals surface area contributed by atoms with Gasteiger partial charge in [0.15, 0.2) is 0 Å². The van der Waals surface area contributed by atoms with Gasteiger partial charge in [0.05, 0.1) is 34.0 Å². The third kappa shape index (κ3) is 4.66. The van der Waals surface area contributed by atoms with E-state index in [0.29, 0.717) is 84.0 Å². The number of fused-ring (bicyclic) bond motifs is 10. The fraction of sp³-hybridized carbons (Fsp3) is 0.415. The van der Waals surface area contributed by atoms with Crippen LogP contribution in [0.1, 0.15) is 86.3 Å². The highest BCUT2D eigenvalue weighted by Gasteiger charge is 2.85. The highest BCUT2D eigenvalue weighted by Crippen LogP contribution is 2.78. The minimum absolute atomic E-state index is 0.100. The second-order valence-electron chi connectivity index (χ2n) is 15.6. The monoisotopic (exact) mass is 790 g/mol. The van der Waals surface area contributed by atoms with Crippen LogP contribution in [0.3, 0.4) is 0 Å². The second-order valence-corrected chi connectivity index (χ2v) is 18.4. The van der Waals surface area contributed by atoms with Gasteiger partial charge in [-0.2, -0.15) is 26.3 Å². The van der Waals surface area contributed by atoms with Gasteiger partial charge in [0.25, 0.3) is 0 Å². The lowest BCUT2D eigenvalue weighted by Gasteiger charge is -2.48. The van der Waals surface area contributed by atoms with E-state index in [4.69, 9.17) is 0 Å². The zero-order valence-electron chi connectivity index (χ0n) is 30.1. The molecule has 2 atom stereocenters. The Morgan fingerprint density at radius 2 is 0.927 bits per heavy atom. The zero-order valence-corrected chi connectivity index (χ0v) is 31.7. The third-order valence-corrected chi connectivity index (χ3v) is 15.9. The van der Waals surface area contributed by atoms with Crippen LogP contribution in [0, 0.1) is 0 Å². The molecule has 1 fully saturated rings. The number of aromatic nitrogens is 6. The molecule has 4 aromatic rings. The topological polar surface area (TPSA) is 61.4 Å². The first kappa shape index (κ1) is 35.4. The van der Waals surface area contributed by atoms with Gasteiger partial charge in [-0.15, -0.1) is 33.7 Å². The zero-order chi connectivity index (χ0) is 38.1. The summed E-state index contributed by atoms with van der Waals surface area (Å²) in [6.45, 7) is 4.43. The van der Waals surface area contributed by atoms with Crippen molar-refractivity contribution in [1.29, 1.82) is 0 Å². The van der Waals surface area contributed by atoms with Crippen LogP contribution in [-0.2, 0) is 25.9 Å². The molecule has 1 saturated carbocycles. The quantitative estimate of drug-likeness (QED) is 0.192. The molecule has 0 bridgehead atoms. The molecule has 0 radical (unpaired) electrons. The number of hydrogen-bond donors (Lipinski definition) is 0. The summed E-state index contributed by atoms with van der Waals surface area (Å²) in [4.78, 5) is 1.12. The van der Waals surface area contributed by atoms with Crippen LogP contribution in [0.25, 0.3) is 9.81 Å². The van der Waals surface area contributed by atoms with Crippen LogP contribution in [0.4, 0.5) is 26.3 Å². The molecular weight excluding hydrogens is 755 g/mol. The van der Waals surface area contributed by atoms with Gasteiger partial charge in [0.1, 0.15) is 11.4 Å². The van der Waals surface area contributed by atoms with Crippen molar-refractivity contribution in [3.8, 4) is 0 Å². The molecule has 4 aliphatic carbocycles. The molecule has 55 heavy (non-hydrogen) atoms. The normalized spacial score (nSPS) is 27.3. The summed E-state index contributed by atoms with van der Waals surface area (Å²) in [7, 11) is 0. The number of benzene rings is 2. The fourth-order valence-corrected chi connectivity index (χ4v) is 13.1. The van der Waals surface area contributed by atoms with Crippen molar-refractivity contribution in [3.05, 3.63) is 128 Å². The predicted molar refractivity (Wildman–Crippen MR) is 201 cm³/mol. The van der Waals surface area contributed by atoms with Gasteiger partial charge in [-0.05, 0) is 98.6 Å². The third-order valence-electron chi connectivity index (χ3n) is 12.4. The van der Waals surface area contributed by atoms with Crippen LogP contribution in [0.2, 0.25) is 0 Å². The smallest absolute Gasteiger partial charge is 0.244 e. The van der Waals surface area contributed by atoms with Crippen LogP contribution in [0.15, 0.2) is 94.1 Å². The molecule has 6 nitrogen and oxygen atoms in total. The lowest BCUT2D eigenvalue weighted by atomic mass is 9.66. The molecule has 4 heterocycles. The van der Waals surface area contributed by atoms with Crippen molar-refractivity contribution >= 4 is 33.3 Å². The van der Waals surface area contributed by atoms with Gasteiger partial charge < -0.3 is 0 Å². The van der Waals surface area contributed by atoms with E-state index in [0.717, 1.165) is 22.5 Å². The van der Waals surface area contributed by atoms with E-state index in [-0.39, 0.29) is 24.0 Å². The second kappa shape index (κ2) is 12.0. The minimum Gasteiger partial charge on any atom is -0.244 e. The average Bonchev–Trinajstić information content (AvgIpc) is 3.89. The maximum atomic E-state index is 16.6. The standard InChI is InChI=1S/C41H36F6N6S2/c1-37-29(25-17-9-11-19-27-33(35(25)54-37)48-50-52(27)21-23-13-5-3-6-14-23)31-32(40(44,45)41(46,47)39(31,42)43)30-26-18-10-12-20-28-34(36(26)55-38(30,37)2)49-51-53(28)22-24-15-7-4-8-16-24/h3-8,13-16H,9-12,17-22H2,1-2H3. The molecule has 0 saturated heterocycles. The summed E-state index contributed by atoms with van der Waals surface area (Å²) in [5.41, 5.74) is 2.82. The number of thioether (sulfide) groups is 2. The Labute approximate surface area is 322 Å². The molecule has 2 unspecified atom stereocenters. The largest absolute Gasteiger partial charge is 0.380 e. The maximum absolute atomic E-state index is 16.6. The number of nitrogens with zero attached hydrogens (tertiary/aromatic N) is 6. The lowest BCUT2D eigenvalue weighted by molar-refractivity contribution is -0.258. The Morgan fingerprint density at radius 1 is 0.545 bits per heavy atom. The van der Waals surface area contributed by atoms with Gasteiger partial charge in [-0.1, -0.05) is 71.1 Å². The van der Waals surface area contributed by atoms with E-state index in [9.17, 15) is 0 Å². The first-order valence-corrected chi connectivity index (χ1v) is 20.4. The molecular formula is C41H36F6N6S2. The maximum Gasteiger partial charge on any atom is 0.380 e. The number of hydrogen-bond acceptors (Lipinski definition) is 6. The Bertz CT molecular complexity index is 2250. The Balaban J connectivity index is 1.19. The number of allylic oxidation sites excluding steroid dienone is 4. The highest BCUT2D eigenvalue weighted by atomic mass is 32.2. The van der Waals surface area contributed by atoms with Crippen LogP contribution < -0.4 is 0 Å². The molecule has 2 aromatic carbocycles. The van der Waals surface area contributed by atoms with E-state index in [1.54, 1.807) is 13.8 Å². The van der Waals surface area contributed by atoms with E-state index >= 15 is 26.3 Å². The van der Waals surface area contributed by atoms with Gasteiger partial charge >= 0.3 is 17.8 Å². The SMILES string of the molecule is CC12SC3=C(CCCCc4c3nnn4Cc3ccccc3)C1=C1C(=C3C4=C(SC32C)c2nnn(Cc3ccccc3)c2CCCC4)C(F)(F)C(F)(F)C1(F)F. The number of halogens is 6. The van der Waals surface area contributed by atoms with Crippen molar-refractivity contribution in [1.82, 2.24) is 30.0 Å². The van der Waals surface area contributed by atoms with Gasteiger partial charge in [-0.25, -0.2) is 9.36 Å². The number of alkyl halides is 6. The molecule has 2 aromatic heterocycles. The molecule has 0 N–H and O–H groups in total. The van der Waals surface area contributed by atoms with E-state index in [2.05, 4.69) is 20.6 Å². The van der Waals surface area contributed by atoms with Crippen LogP contribution >= 0.6 is 23.5 Å². The van der Waals surface area contributed by atoms with E-state index in [1.807, 2.05) is 70.0 Å². The Hall–Kier alpha value is -4.04. The predicted octanol–water partition coefficient (Wildman–Crippen LogP) is 10.1. The van der Waals surface area contributed by atoms with Crippen molar-refractivity contribution in [2.75, 3.05) is 0 Å². The first-order chi connectivity index (χ1) is 26.3. The Morgan fingerprint density at radius 3 is 1.33 bits per heavy atom. The van der Waals surface area contributed by atoms with Gasteiger partial charge in [0, 0.05) is 21.0 Å². The molecule has 6 aliphatic rings. The van der Waals surface area contributed by atoms with Crippen molar-refractivity contribution in [3.63, 3.8) is 0 Å². The van der Waals surface area contributed by atoms with Crippen molar-refractivity contribution < 1.29 is 26.3 Å². The van der Waals surface area contributed by atoms with Crippen molar-refractivity contribution in [2.45, 2.75) is 106 Å². The molecule has 0 amide bonds. The molecule has 10 rings (SSSR count). The molecule has 2 aliphatic heterocycles. The van der Waals surface area contributed by atoms with E-state index < -0.39 is 38.4 Å².